The molecule has 1 aliphatic carbocycles. The van der Waals surface area contributed by atoms with E-state index in [9.17, 15) is 14.4 Å². The highest BCUT2D eigenvalue weighted by molar-refractivity contribution is 7.17. The quantitative estimate of drug-likeness (QED) is 0.774. The van der Waals surface area contributed by atoms with Gasteiger partial charge in [0.2, 0.25) is 5.91 Å². The van der Waals surface area contributed by atoms with Gasteiger partial charge in [-0.3, -0.25) is 14.2 Å². The van der Waals surface area contributed by atoms with Crippen LogP contribution < -0.4 is 16.6 Å². The maximum atomic E-state index is 12.3. The SMILES string of the molecule is C[C@H]1CCCC[C@@H]1NC(=O)CCCCn1c(=O)[nH]c2ccsc2c1=O. The van der Waals surface area contributed by atoms with Gasteiger partial charge < -0.3 is 10.3 Å². The third kappa shape index (κ3) is 4.21. The Hall–Kier alpha value is -1.89. The van der Waals surface area contributed by atoms with Crippen molar-refractivity contribution in [3.63, 3.8) is 0 Å². The van der Waals surface area contributed by atoms with Gasteiger partial charge in [0.15, 0.2) is 0 Å². The number of hydrogen-bond donors (Lipinski definition) is 2. The Bertz CT molecular complexity index is 851. The molecule has 1 amide bonds. The van der Waals surface area contributed by atoms with Crippen LogP contribution in [0.5, 0.6) is 0 Å². The average molecular weight is 363 g/mol. The number of carbonyl (C=O) groups is 1. The molecule has 7 heteroatoms. The van der Waals surface area contributed by atoms with Crippen LogP contribution in [0, 0.1) is 5.92 Å². The van der Waals surface area contributed by atoms with Gasteiger partial charge in [-0.25, -0.2) is 4.79 Å². The first-order chi connectivity index (χ1) is 12.1. The Labute approximate surface area is 150 Å². The predicted octanol–water partition coefficient (Wildman–Crippen LogP) is 2.62. The number of aromatic amines is 1. The van der Waals surface area contributed by atoms with E-state index in [0.717, 1.165) is 6.42 Å². The summed E-state index contributed by atoms with van der Waals surface area (Å²) in [6.07, 6.45) is 6.43. The van der Waals surface area contributed by atoms with E-state index in [4.69, 9.17) is 0 Å². The fourth-order valence-corrected chi connectivity index (χ4v) is 4.34. The topological polar surface area (TPSA) is 84.0 Å². The number of rotatable bonds is 6. The van der Waals surface area contributed by atoms with Crippen LogP contribution in [0.2, 0.25) is 0 Å². The normalized spacial score (nSPS) is 20.7. The van der Waals surface area contributed by atoms with Gasteiger partial charge in [0.1, 0.15) is 4.70 Å². The summed E-state index contributed by atoms with van der Waals surface area (Å²) in [4.78, 5) is 39.1. The number of thiophene rings is 1. The Morgan fingerprint density at radius 1 is 1.32 bits per heavy atom. The maximum Gasteiger partial charge on any atom is 0.328 e. The number of nitrogens with zero attached hydrogens (tertiary/aromatic N) is 1. The lowest BCUT2D eigenvalue weighted by molar-refractivity contribution is -0.122. The van der Waals surface area contributed by atoms with E-state index >= 15 is 0 Å². The summed E-state index contributed by atoms with van der Waals surface area (Å²) in [5, 5.41) is 4.93. The molecule has 0 radical (unpaired) electrons. The van der Waals surface area contributed by atoms with E-state index < -0.39 is 0 Å². The largest absolute Gasteiger partial charge is 0.353 e. The summed E-state index contributed by atoms with van der Waals surface area (Å²) in [6.45, 7) is 2.54. The zero-order valence-corrected chi connectivity index (χ0v) is 15.4. The van der Waals surface area contributed by atoms with Crippen molar-refractivity contribution in [1.29, 1.82) is 0 Å². The van der Waals surface area contributed by atoms with Crippen LogP contribution in [0.25, 0.3) is 10.2 Å². The molecule has 136 valence electrons. The summed E-state index contributed by atoms with van der Waals surface area (Å²) < 4.78 is 1.81. The lowest BCUT2D eigenvalue weighted by Crippen LogP contribution is -2.41. The molecule has 1 aliphatic rings. The third-order valence-electron chi connectivity index (χ3n) is 5.08. The number of nitrogens with one attached hydrogen (secondary N) is 2. The molecule has 2 heterocycles. The molecular weight excluding hydrogens is 338 g/mol. The second-order valence-electron chi connectivity index (χ2n) is 6.94. The van der Waals surface area contributed by atoms with Crippen LogP contribution in [0.1, 0.15) is 51.9 Å². The molecule has 0 aromatic carbocycles. The molecule has 1 saturated carbocycles. The van der Waals surface area contributed by atoms with Crippen LogP contribution in [-0.2, 0) is 11.3 Å². The Morgan fingerprint density at radius 2 is 2.12 bits per heavy atom. The highest BCUT2D eigenvalue weighted by atomic mass is 32.1. The van der Waals surface area contributed by atoms with E-state index in [1.165, 1.54) is 35.2 Å². The first kappa shape index (κ1) is 17.9. The lowest BCUT2D eigenvalue weighted by atomic mass is 9.86. The molecule has 2 aromatic heterocycles. The first-order valence-electron chi connectivity index (χ1n) is 9.06. The Morgan fingerprint density at radius 3 is 2.92 bits per heavy atom. The van der Waals surface area contributed by atoms with Gasteiger partial charge in [-0.05, 0) is 43.0 Å². The molecule has 6 nitrogen and oxygen atoms in total. The van der Waals surface area contributed by atoms with E-state index in [2.05, 4.69) is 17.2 Å². The maximum absolute atomic E-state index is 12.3. The molecule has 0 saturated heterocycles. The molecule has 2 N–H and O–H groups in total. The molecule has 2 aromatic rings. The van der Waals surface area contributed by atoms with Gasteiger partial charge in [-0.15, -0.1) is 11.3 Å². The van der Waals surface area contributed by atoms with Crippen molar-refractivity contribution >= 4 is 27.5 Å². The van der Waals surface area contributed by atoms with Crippen molar-refractivity contribution in [1.82, 2.24) is 14.9 Å². The molecule has 1 fully saturated rings. The summed E-state index contributed by atoms with van der Waals surface area (Å²) in [7, 11) is 0. The van der Waals surface area contributed by atoms with E-state index in [1.807, 2.05) is 0 Å². The van der Waals surface area contributed by atoms with E-state index in [1.54, 1.807) is 11.4 Å². The van der Waals surface area contributed by atoms with Gasteiger partial charge in [0, 0.05) is 19.0 Å². The van der Waals surface area contributed by atoms with Gasteiger partial charge in [0.05, 0.1) is 5.52 Å². The summed E-state index contributed by atoms with van der Waals surface area (Å²) in [6, 6.07) is 2.04. The van der Waals surface area contributed by atoms with Crippen LogP contribution >= 0.6 is 11.3 Å². The number of aromatic nitrogens is 2. The number of unbranched alkanes of at least 4 members (excludes halogenated alkanes) is 1. The molecule has 25 heavy (non-hydrogen) atoms. The summed E-state index contributed by atoms with van der Waals surface area (Å²) in [5.41, 5.74) is -0.0251. The first-order valence-corrected chi connectivity index (χ1v) is 9.94. The predicted molar refractivity (Wildman–Crippen MR) is 100 cm³/mol. The number of fused-ring (bicyclic) bond motifs is 1. The minimum absolute atomic E-state index is 0.0775. The number of amides is 1. The lowest BCUT2D eigenvalue weighted by Gasteiger charge is -2.29. The van der Waals surface area contributed by atoms with Crippen molar-refractivity contribution in [3.05, 3.63) is 32.3 Å². The fraction of sp³-hybridized carbons (Fsp3) is 0.611. The average Bonchev–Trinajstić information content (AvgIpc) is 3.04. The number of H-pyrrole nitrogens is 1. The second kappa shape index (κ2) is 7.99. The second-order valence-corrected chi connectivity index (χ2v) is 7.86. The minimum Gasteiger partial charge on any atom is -0.353 e. The van der Waals surface area contributed by atoms with Gasteiger partial charge >= 0.3 is 5.69 Å². The Balaban J connectivity index is 1.49. The molecular formula is C18H25N3O3S. The minimum atomic E-state index is -0.378. The third-order valence-corrected chi connectivity index (χ3v) is 5.99. The van der Waals surface area contributed by atoms with Crippen LogP contribution in [0.15, 0.2) is 21.0 Å². The Kier molecular flexibility index (Phi) is 5.73. The van der Waals surface area contributed by atoms with Crippen LogP contribution in [-0.4, -0.2) is 21.5 Å². The van der Waals surface area contributed by atoms with E-state index in [-0.39, 0.29) is 17.2 Å². The van der Waals surface area contributed by atoms with Crippen molar-refractivity contribution < 1.29 is 4.79 Å². The van der Waals surface area contributed by atoms with Crippen molar-refractivity contribution in [2.24, 2.45) is 5.92 Å². The monoisotopic (exact) mass is 363 g/mol. The molecule has 2 atom stereocenters. The standard InChI is InChI=1S/C18H25N3O3S/c1-12-6-2-3-7-13(12)19-15(22)8-4-5-10-21-17(23)16-14(9-11-25-16)20-18(21)24/h9,11-13H,2-8,10H2,1H3,(H,19,22)(H,20,24)/t12-,13-/m0/s1. The zero-order valence-electron chi connectivity index (χ0n) is 14.5. The molecule has 0 unspecified atom stereocenters. The molecule has 0 aliphatic heterocycles. The van der Waals surface area contributed by atoms with Crippen LogP contribution in [0.4, 0.5) is 0 Å². The smallest absolute Gasteiger partial charge is 0.328 e. The highest BCUT2D eigenvalue weighted by Crippen LogP contribution is 2.23. The molecule has 3 rings (SSSR count). The fourth-order valence-electron chi connectivity index (χ4n) is 3.54. The molecule has 0 bridgehead atoms. The molecule has 0 spiro atoms. The van der Waals surface area contributed by atoms with E-state index in [0.29, 0.717) is 48.0 Å². The van der Waals surface area contributed by atoms with Crippen LogP contribution in [0.3, 0.4) is 0 Å². The van der Waals surface area contributed by atoms with Crippen molar-refractivity contribution in [3.8, 4) is 0 Å². The summed E-state index contributed by atoms with van der Waals surface area (Å²) in [5.74, 6) is 0.626. The summed E-state index contributed by atoms with van der Waals surface area (Å²) >= 11 is 1.33. The number of hydrogen-bond acceptors (Lipinski definition) is 4. The van der Waals surface area contributed by atoms with Crippen molar-refractivity contribution in [2.45, 2.75) is 64.5 Å². The number of carbonyl (C=O) groups excluding carboxylic acids is 1. The van der Waals surface area contributed by atoms with Gasteiger partial charge in [-0.2, -0.15) is 0 Å². The van der Waals surface area contributed by atoms with Gasteiger partial charge in [0.25, 0.3) is 5.56 Å². The van der Waals surface area contributed by atoms with Crippen molar-refractivity contribution in [2.75, 3.05) is 0 Å². The zero-order chi connectivity index (χ0) is 17.8. The van der Waals surface area contributed by atoms with Gasteiger partial charge in [-0.1, -0.05) is 19.8 Å². The highest BCUT2D eigenvalue weighted by Gasteiger charge is 2.22.